The first kappa shape index (κ1) is 16.5. The van der Waals surface area contributed by atoms with Gasteiger partial charge in [0.2, 0.25) is 0 Å². The number of amides is 1. The lowest BCUT2D eigenvalue weighted by Crippen LogP contribution is -2.22. The minimum atomic E-state index is -0.170. The van der Waals surface area contributed by atoms with E-state index in [1.165, 1.54) is 32.1 Å². The van der Waals surface area contributed by atoms with E-state index >= 15 is 0 Å². The van der Waals surface area contributed by atoms with Crippen LogP contribution in [0.5, 0.6) is 0 Å². The lowest BCUT2D eigenvalue weighted by molar-refractivity contribution is 0.102. The summed E-state index contributed by atoms with van der Waals surface area (Å²) in [7, 11) is 0. The molecule has 1 aromatic heterocycles. The zero-order valence-electron chi connectivity index (χ0n) is 14.4. The van der Waals surface area contributed by atoms with Gasteiger partial charge < -0.3 is 10.6 Å². The molecule has 0 atom stereocenters. The van der Waals surface area contributed by atoms with Crippen LogP contribution >= 0.6 is 0 Å². The van der Waals surface area contributed by atoms with Crippen LogP contribution in [0, 0.1) is 13.8 Å². The van der Waals surface area contributed by atoms with E-state index in [4.69, 9.17) is 0 Å². The van der Waals surface area contributed by atoms with Gasteiger partial charge in [-0.3, -0.25) is 9.78 Å². The van der Waals surface area contributed by atoms with Crippen LogP contribution in [-0.4, -0.2) is 16.9 Å². The van der Waals surface area contributed by atoms with Crippen molar-refractivity contribution in [3.05, 3.63) is 53.3 Å². The highest BCUT2D eigenvalue weighted by atomic mass is 16.1. The number of carbonyl (C=O) groups is 1. The van der Waals surface area contributed by atoms with Crippen molar-refractivity contribution in [1.29, 1.82) is 0 Å². The molecule has 2 aromatic rings. The van der Waals surface area contributed by atoms with Crippen molar-refractivity contribution in [2.75, 3.05) is 10.6 Å². The smallest absolute Gasteiger partial charge is 0.274 e. The molecule has 2 N–H and O–H groups in total. The van der Waals surface area contributed by atoms with Crippen LogP contribution in [0.1, 0.15) is 53.7 Å². The second kappa shape index (κ2) is 7.47. The molecule has 0 aliphatic heterocycles. The van der Waals surface area contributed by atoms with Gasteiger partial charge in [0.1, 0.15) is 5.69 Å². The minimum absolute atomic E-state index is 0.170. The maximum atomic E-state index is 12.5. The summed E-state index contributed by atoms with van der Waals surface area (Å²) in [5.74, 6) is -0.170. The normalized spacial score (nSPS) is 15.1. The molecule has 1 heterocycles. The number of aromatic nitrogens is 1. The molecular formula is C20H25N3O. The number of hydrogen-bond donors (Lipinski definition) is 2. The van der Waals surface area contributed by atoms with Gasteiger partial charge in [0.05, 0.1) is 0 Å². The quantitative estimate of drug-likeness (QED) is 0.858. The van der Waals surface area contributed by atoms with Crippen molar-refractivity contribution in [1.82, 2.24) is 4.98 Å². The fraction of sp³-hybridized carbons (Fsp3) is 0.400. The Morgan fingerprint density at radius 2 is 1.92 bits per heavy atom. The standard InChI is InChI=1S/C20H25N3O/c1-14-7-6-10-18(15(14)2)23-20(24)19-13-17(11-12-21-19)22-16-8-4-3-5-9-16/h6-7,10-13,16H,3-5,8-9H2,1-2H3,(H,21,22)(H,23,24). The summed E-state index contributed by atoms with van der Waals surface area (Å²) >= 11 is 0. The lowest BCUT2D eigenvalue weighted by Gasteiger charge is -2.23. The minimum Gasteiger partial charge on any atom is -0.382 e. The zero-order valence-corrected chi connectivity index (χ0v) is 14.4. The highest BCUT2D eigenvalue weighted by molar-refractivity contribution is 6.03. The first-order valence-electron chi connectivity index (χ1n) is 8.73. The second-order valence-corrected chi connectivity index (χ2v) is 6.61. The molecule has 4 nitrogen and oxygen atoms in total. The Balaban J connectivity index is 1.70. The molecule has 4 heteroatoms. The predicted octanol–water partition coefficient (Wildman–Crippen LogP) is 4.70. The number of nitrogens with zero attached hydrogens (tertiary/aromatic N) is 1. The Bertz CT molecular complexity index is 721. The Morgan fingerprint density at radius 1 is 1.12 bits per heavy atom. The monoisotopic (exact) mass is 323 g/mol. The molecule has 0 radical (unpaired) electrons. The van der Waals surface area contributed by atoms with Gasteiger partial charge in [-0.1, -0.05) is 31.4 Å². The molecule has 3 rings (SSSR count). The van der Waals surface area contributed by atoms with Crippen LogP contribution in [0.4, 0.5) is 11.4 Å². The average Bonchev–Trinajstić information content (AvgIpc) is 2.60. The topological polar surface area (TPSA) is 54.0 Å². The van der Waals surface area contributed by atoms with E-state index in [0.717, 1.165) is 22.5 Å². The van der Waals surface area contributed by atoms with Gasteiger partial charge in [-0.15, -0.1) is 0 Å². The number of aryl methyl sites for hydroxylation is 1. The fourth-order valence-electron chi connectivity index (χ4n) is 3.20. The largest absolute Gasteiger partial charge is 0.382 e. The number of pyridine rings is 1. The molecule has 1 fully saturated rings. The lowest BCUT2D eigenvalue weighted by atomic mass is 9.95. The third kappa shape index (κ3) is 3.94. The summed E-state index contributed by atoms with van der Waals surface area (Å²) in [6.07, 6.45) is 7.99. The Hall–Kier alpha value is -2.36. The molecule has 0 saturated heterocycles. The molecular weight excluding hydrogens is 298 g/mol. The van der Waals surface area contributed by atoms with Crippen molar-refractivity contribution in [3.63, 3.8) is 0 Å². The Kier molecular flexibility index (Phi) is 5.14. The van der Waals surface area contributed by atoms with Crippen LogP contribution in [0.2, 0.25) is 0 Å². The SMILES string of the molecule is Cc1cccc(NC(=O)c2cc(NC3CCCCC3)ccn2)c1C. The summed E-state index contributed by atoms with van der Waals surface area (Å²) in [6, 6.07) is 10.2. The van der Waals surface area contributed by atoms with E-state index in [1.54, 1.807) is 6.20 Å². The van der Waals surface area contributed by atoms with Gasteiger partial charge in [0, 0.05) is 23.6 Å². The highest BCUT2D eigenvalue weighted by Crippen LogP contribution is 2.22. The first-order chi connectivity index (χ1) is 11.6. The van der Waals surface area contributed by atoms with Crippen LogP contribution < -0.4 is 10.6 Å². The molecule has 0 bridgehead atoms. The fourth-order valence-corrected chi connectivity index (χ4v) is 3.20. The Labute approximate surface area is 143 Å². The van der Waals surface area contributed by atoms with E-state index in [1.807, 2.05) is 44.2 Å². The number of rotatable bonds is 4. The third-order valence-corrected chi connectivity index (χ3v) is 4.82. The van der Waals surface area contributed by atoms with Gasteiger partial charge in [-0.2, -0.15) is 0 Å². The van der Waals surface area contributed by atoms with E-state index < -0.39 is 0 Å². The summed E-state index contributed by atoms with van der Waals surface area (Å²) in [5.41, 5.74) is 4.50. The summed E-state index contributed by atoms with van der Waals surface area (Å²) < 4.78 is 0. The molecule has 1 aliphatic carbocycles. The summed E-state index contributed by atoms with van der Waals surface area (Å²) in [4.78, 5) is 16.7. The van der Waals surface area contributed by atoms with Crippen LogP contribution in [0.15, 0.2) is 36.5 Å². The molecule has 0 spiro atoms. The van der Waals surface area contributed by atoms with Gasteiger partial charge in [-0.25, -0.2) is 0 Å². The molecule has 1 amide bonds. The van der Waals surface area contributed by atoms with E-state index in [-0.39, 0.29) is 5.91 Å². The van der Waals surface area contributed by atoms with E-state index in [9.17, 15) is 4.79 Å². The highest BCUT2D eigenvalue weighted by Gasteiger charge is 2.15. The number of carbonyl (C=O) groups excluding carboxylic acids is 1. The molecule has 1 saturated carbocycles. The van der Waals surface area contributed by atoms with Crippen molar-refractivity contribution >= 4 is 17.3 Å². The van der Waals surface area contributed by atoms with Crippen molar-refractivity contribution in [2.45, 2.75) is 52.0 Å². The molecule has 1 aliphatic rings. The van der Waals surface area contributed by atoms with E-state index in [2.05, 4.69) is 15.6 Å². The van der Waals surface area contributed by atoms with Crippen LogP contribution in [0.3, 0.4) is 0 Å². The van der Waals surface area contributed by atoms with Gasteiger partial charge in [0.15, 0.2) is 0 Å². The zero-order chi connectivity index (χ0) is 16.9. The molecule has 0 unspecified atom stereocenters. The van der Waals surface area contributed by atoms with Gasteiger partial charge in [-0.05, 0) is 56.0 Å². The molecule has 126 valence electrons. The maximum absolute atomic E-state index is 12.5. The number of benzene rings is 1. The average molecular weight is 323 g/mol. The second-order valence-electron chi connectivity index (χ2n) is 6.61. The van der Waals surface area contributed by atoms with E-state index in [0.29, 0.717) is 11.7 Å². The van der Waals surface area contributed by atoms with Crippen LogP contribution in [0.25, 0.3) is 0 Å². The third-order valence-electron chi connectivity index (χ3n) is 4.82. The maximum Gasteiger partial charge on any atom is 0.274 e. The first-order valence-corrected chi connectivity index (χ1v) is 8.73. The number of hydrogen-bond acceptors (Lipinski definition) is 3. The van der Waals surface area contributed by atoms with Gasteiger partial charge in [0.25, 0.3) is 5.91 Å². The number of anilines is 2. The summed E-state index contributed by atoms with van der Waals surface area (Å²) in [5, 5.41) is 6.51. The number of nitrogens with one attached hydrogen (secondary N) is 2. The van der Waals surface area contributed by atoms with Crippen molar-refractivity contribution in [3.8, 4) is 0 Å². The molecule has 1 aromatic carbocycles. The molecule has 24 heavy (non-hydrogen) atoms. The Morgan fingerprint density at radius 3 is 2.71 bits per heavy atom. The van der Waals surface area contributed by atoms with Crippen molar-refractivity contribution < 1.29 is 4.79 Å². The predicted molar refractivity (Wildman–Crippen MR) is 98.6 cm³/mol. The van der Waals surface area contributed by atoms with Crippen molar-refractivity contribution in [2.24, 2.45) is 0 Å². The summed E-state index contributed by atoms with van der Waals surface area (Å²) in [6.45, 7) is 4.05. The van der Waals surface area contributed by atoms with Gasteiger partial charge >= 0.3 is 0 Å². The van der Waals surface area contributed by atoms with Crippen LogP contribution in [-0.2, 0) is 0 Å².